The Morgan fingerprint density at radius 1 is 0.973 bits per heavy atom. The number of Topliss-reactive ketones (excluding diaryl/α,β-unsaturated/α-hetero) is 1. The minimum Gasteiger partial charge on any atom is -0.507 e. The molecule has 1 amide bonds. The van der Waals surface area contributed by atoms with Crippen molar-refractivity contribution in [2.75, 3.05) is 33.3 Å². The zero-order valence-electron chi connectivity index (χ0n) is 21.1. The second kappa shape index (κ2) is 11.5. The maximum atomic E-state index is 13.3. The summed E-state index contributed by atoms with van der Waals surface area (Å²) in [6.45, 7) is 7.13. The van der Waals surface area contributed by atoms with Crippen molar-refractivity contribution in [3.8, 4) is 5.75 Å². The first-order chi connectivity index (χ1) is 17.8. The molecule has 0 aliphatic carbocycles. The molecule has 1 aliphatic heterocycles. The van der Waals surface area contributed by atoms with Crippen molar-refractivity contribution in [3.05, 3.63) is 81.3 Å². The van der Waals surface area contributed by atoms with Gasteiger partial charge in [-0.15, -0.1) is 0 Å². The van der Waals surface area contributed by atoms with Gasteiger partial charge in [0.1, 0.15) is 11.5 Å². The maximum Gasteiger partial charge on any atom is 0.295 e. The number of aliphatic hydroxyl groups is 1. The van der Waals surface area contributed by atoms with Crippen molar-refractivity contribution < 1.29 is 19.4 Å². The second-order valence-electron chi connectivity index (χ2n) is 8.97. The summed E-state index contributed by atoms with van der Waals surface area (Å²) in [4.78, 5) is 30.3. The van der Waals surface area contributed by atoms with Gasteiger partial charge in [-0.25, -0.2) is 0 Å². The molecule has 3 aromatic carbocycles. The normalized spacial score (nSPS) is 17.2. The molecule has 1 fully saturated rings. The number of methoxy groups -OCH3 is 1. The van der Waals surface area contributed by atoms with Crippen molar-refractivity contribution in [1.29, 1.82) is 0 Å². The van der Waals surface area contributed by atoms with E-state index in [1.165, 1.54) is 4.90 Å². The zero-order valence-corrected chi connectivity index (χ0v) is 22.6. The van der Waals surface area contributed by atoms with Gasteiger partial charge in [0.05, 0.1) is 28.8 Å². The van der Waals surface area contributed by atoms with Crippen molar-refractivity contribution in [1.82, 2.24) is 9.80 Å². The highest BCUT2D eigenvalue weighted by molar-refractivity contribution is 6.47. The van der Waals surface area contributed by atoms with Crippen LogP contribution in [0.4, 0.5) is 0 Å². The minimum atomic E-state index is -0.780. The van der Waals surface area contributed by atoms with Crippen LogP contribution < -0.4 is 4.74 Å². The quantitative estimate of drug-likeness (QED) is 0.195. The predicted molar refractivity (Wildman–Crippen MR) is 148 cm³/mol. The second-order valence-corrected chi connectivity index (χ2v) is 9.79. The lowest BCUT2D eigenvalue weighted by atomic mass is 9.94. The van der Waals surface area contributed by atoms with Crippen LogP contribution in [-0.4, -0.2) is 59.9 Å². The molecule has 194 valence electrons. The number of halogens is 2. The van der Waals surface area contributed by atoms with Crippen LogP contribution in [0.3, 0.4) is 0 Å². The van der Waals surface area contributed by atoms with Gasteiger partial charge in [0.25, 0.3) is 11.7 Å². The molecule has 8 heteroatoms. The number of rotatable bonds is 9. The highest BCUT2D eigenvalue weighted by atomic mass is 35.5. The summed E-state index contributed by atoms with van der Waals surface area (Å²) in [5.74, 6) is -0.855. The number of amides is 1. The third-order valence-electron chi connectivity index (χ3n) is 6.89. The van der Waals surface area contributed by atoms with Gasteiger partial charge >= 0.3 is 0 Å². The smallest absolute Gasteiger partial charge is 0.295 e. The van der Waals surface area contributed by atoms with Gasteiger partial charge in [0.2, 0.25) is 0 Å². The monoisotopic (exact) mass is 540 g/mol. The summed E-state index contributed by atoms with van der Waals surface area (Å²) < 4.78 is 5.29. The molecule has 3 aromatic rings. The van der Waals surface area contributed by atoms with Crippen LogP contribution in [0.1, 0.15) is 37.4 Å². The largest absolute Gasteiger partial charge is 0.507 e. The van der Waals surface area contributed by atoms with E-state index in [-0.39, 0.29) is 11.3 Å². The summed E-state index contributed by atoms with van der Waals surface area (Å²) in [6, 6.07) is 15.2. The fourth-order valence-corrected chi connectivity index (χ4v) is 5.10. The molecule has 37 heavy (non-hydrogen) atoms. The van der Waals surface area contributed by atoms with Gasteiger partial charge in [-0.2, -0.15) is 0 Å². The van der Waals surface area contributed by atoms with Gasteiger partial charge in [-0.3, -0.25) is 9.59 Å². The summed E-state index contributed by atoms with van der Waals surface area (Å²) in [5, 5.41) is 13.9. The average Bonchev–Trinajstić information content (AvgIpc) is 3.16. The first-order valence-corrected chi connectivity index (χ1v) is 13.1. The number of ketones is 1. The summed E-state index contributed by atoms with van der Waals surface area (Å²) in [5.41, 5.74) is 1.10. The number of carbonyl (C=O) groups is 2. The fourth-order valence-electron chi connectivity index (χ4n) is 4.80. The third-order valence-corrected chi connectivity index (χ3v) is 7.63. The number of carbonyl (C=O) groups excluding carboxylic acids is 2. The molecule has 1 unspecified atom stereocenters. The van der Waals surface area contributed by atoms with Crippen LogP contribution in [0.25, 0.3) is 16.5 Å². The van der Waals surface area contributed by atoms with Crippen LogP contribution in [0.15, 0.2) is 60.2 Å². The molecule has 1 N–H and O–H groups in total. The number of hydrogen-bond acceptors (Lipinski definition) is 5. The number of ether oxygens (including phenoxy) is 1. The standard InChI is InChI=1S/C29H30Cl2N2O4/c1-4-32(5-2)13-6-14-33-26(20-10-12-23(30)24(31)17-20)25(28(35)29(33)36)27(34)21-8-7-19-16-22(37-3)11-9-18(19)15-21/h7-12,15-17,26,34H,4-6,13-14H2,1-3H3/b27-25+. The van der Waals surface area contributed by atoms with Crippen LogP contribution in [0, 0.1) is 0 Å². The molecule has 1 heterocycles. The first-order valence-electron chi connectivity index (χ1n) is 12.3. The molecule has 1 saturated heterocycles. The summed E-state index contributed by atoms with van der Waals surface area (Å²) in [6.07, 6.45) is 0.685. The van der Waals surface area contributed by atoms with Crippen molar-refractivity contribution in [3.63, 3.8) is 0 Å². The Morgan fingerprint density at radius 2 is 1.68 bits per heavy atom. The van der Waals surface area contributed by atoms with E-state index in [0.29, 0.717) is 34.1 Å². The molecule has 6 nitrogen and oxygen atoms in total. The Morgan fingerprint density at radius 3 is 2.35 bits per heavy atom. The van der Waals surface area contributed by atoms with E-state index in [1.807, 2.05) is 24.3 Å². The number of benzene rings is 3. The molecule has 1 atom stereocenters. The van der Waals surface area contributed by atoms with Crippen LogP contribution in [0.5, 0.6) is 5.75 Å². The van der Waals surface area contributed by atoms with E-state index in [1.54, 1.807) is 37.4 Å². The highest BCUT2D eigenvalue weighted by Gasteiger charge is 2.46. The zero-order chi connectivity index (χ0) is 26.7. The molecule has 1 aliphatic rings. The van der Waals surface area contributed by atoms with Crippen molar-refractivity contribution in [2.24, 2.45) is 0 Å². The molecule has 0 aromatic heterocycles. The van der Waals surface area contributed by atoms with Gasteiger partial charge in [-0.05, 0) is 72.7 Å². The fraction of sp³-hybridized carbons (Fsp3) is 0.310. The average molecular weight is 541 g/mol. The molecule has 0 radical (unpaired) electrons. The molecule has 0 saturated carbocycles. The lowest BCUT2D eigenvalue weighted by molar-refractivity contribution is -0.140. The maximum absolute atomic E-state index is 13.3. The number of hydrogen-bond donors (Lipinski definition) is 1. The summed E-state index contributed by atoms with van der Waals surface area (Å²) >= 11 is 12.5. The Balaban J connectivity index is 1.78. The Kier molecular flexibility index (Phi) is 8.42. The molecule has 0 spiro atoms. The molecule has 0 bridgehead atoms. The van der Waals surface area contributed by atoms with Crippen molar-refractivity contribution in [2.45, 2.75) is 26.3 Å². The van der Waals surface area contributed by atoms with Crippen molar-refractivity contribution >= 4 is 51.4 Å². The van der Waals surface area contributed by atoms with Crippen LogP contribution >= 0.6 is 23.2 Å². The number of likely N-dealkylation sites (tertiary alicyclic amines) is 1. The Labute approximate surface area is 227 Å². The van der Waals surface area contributed by atoms with Crippen LogP contribution in [-0.2, 0) is 9.59 Å². The topological polar surface area (TPSA) is 70.1 Å². The SMILES string of the molecule is CCN(CC)CCCN1C(=O)C(=O)/C(=C(/O)c2ccc3cc(OC)ccc3c2)C1c1ccc(Cl)c(Cl)c1. The van der Waals surface area contributed by atoms with Gasteiger partial charge in [0.15, 0.2) is 0 Å². The van der Waals surface area contributed by atoms with Gasteiger partial charge < -0.3 is 19.6 Å². The van der Waals surface area contributed by atoms with E-state index in [2.05, 4.69) is 18.7 Å². The van der Waals surface area contributed by atoms with E-state index < -0.39 is 17.7 Å². The van der Waals surface area contributed by atoms with Crippen LogP contribution in [0.2, 0.25) is 10.0 Å². The Hall–Kier alpha value is -3.06. The van der Waals surface area contributed by atoms with E-state index in [0.717, 1.165) is 36.2 Å². The first kappa shape index (κ1) is 27.0. The minimum absolute atomic E-state index is 0.0408. The Bertz CT molecular complexity index is 1370. The highest BCUT2D eigenvalue weighted by Crippen LogP contribution is 2.41. The third kappa shape index (κ3) is 5.47. The number of aliphatic hydroxyl groups excluding tert-OH is 1. The summed E-state index contributed by atoms with van der Waals surface area (Å²) in [7, 11) is 1.60. The van der Waals surface area contributed by atoms with E-state index in [9.17, 15) is 14.7 Å². The van der Waals surface area contributed by atoms with E-state index in [4.69, 9.17) is 27.9 Å². The number of nitrogens with zero attached hydrogens (tertiary/aromatic N) is 2. The number of fused-ring (bicyclic) bond motifs is 1. The van der Waals surface area contributed by atoms with E-state index >= 15 is 0 Å². The van der Waals surface area contributed by atoms with Gasteiger partial charge in [0, 0.05) is 12.1 Å². The van der Waals surface area contributed by atoms with Gasteiger partial charge in [-0.1, -0.05) is 61.3 Å². The molecular weight excluding hydrogens is 511 g/mol. The lowest BCUT2D eigenvalue weighted by Crippen LogP contribution is -2.33. The predicted octanol–water partition coefficient (Wildman–Crippen LogP) is 6.31. The lowest BCUT2D eigenvalue weighted by Gasteiger charge is -2.27. The molecule has 4 rings (SSSR count). The molecular formula is C29H30Cl2N2O4.